The summed E-state index contributed by atoms with van der Waals surface area (Å²) >= 11 is 0. The van der Waals surface area contributed by atoms with Gasteiger partial charge in [0.15, 0.2) is 0 Å². The molecule has 2 aromatic rings. The van der Waals surface area contributed by atoms with Crippen LogP contribution in [0, 0.1) is 6.92 Å². The molecule has 1 aliphatic carbocycles. The molecule has 0 aromatic heterocycles. The predicted molar refractivity (Wildman–Crippen MR) is 84.7 cm³/mol. The zero-order valence-electron chi connectivity index (χ0n) is 12.9. The van der Waals surface area contributed by atoms with Crippen molar-refractivity contribution in [3.63, 3.8) is 0 Å². The zero-order valence-corrected chi connectivity index (χ0v) is 12.9. The zero-order chi connectivity index (χ0) is 15.0. The number of hydrogen-bond acceptors (Lipinski definition) is 2. The van der Waals surface area contributed by atoms with Crippen LogP contribution in [-0.2, 0) is 12.0 Å². The van der Waals surface area contributed by atoms with Crippen molar-refractivity contribution in [1.29, 1.82) is 0 Å². The maximum absolute atomic E-state index is 11.4. The molecule has 0 amide bonds. The van der Waals surface area contributed by atoms with Gasteiger partial charge in [-0.3, -0.25) is 0 Å². The van der Waals surface area contributed by atoms with Gasteiger partial charge in [-0.05, 0) is 50.8 Å². The Hall–Kier alpha value is -1.80. The van der Waals surface area contributed by atoms with E-state index >= 15 is 0 Å². The molecule has 0 saturated heterocycles. The lowest BCUT2D eigenvalue weighted by atomic mass is 9.86. The highest BCUT2D eigenvalue weighted by Crippen LogP contribution is 2.45. The van der Waals surface area contributed by atoms with Crippen molar-refractivity contribution >= 4 is 0 Å². The van der Waals surface area contributed by atoms with Crippen LogP contribution < -0.4 is 4.74 Å². The van der Waals surface area contributed by atoms with Crippen LogP contribution in [0.25, 0.3) is 0 Å². The van der Waals surface area contributed by atoms with Crippen LogP contribution in [0.4, 0.5) is 0 Å². The summed E-state index contributed by atoms with van der Waals surface area (Å²) in [4.78, 5) is 0. The number of para-hydroxylation sites is 1. The van der Waals surface area contributed by atoms with Crippen molar-refractivity contribution in [2.24, 2.45) is 0 Å². The minimum absolute atomic E-state index is 0.0909. The van der Waals surface area contributed by atoms with Gasteiger partial charge >= 0.3 is 0 Å². The van der Waals surface area contributed by atoms with E-state index in [0.717, 1.165) is 23.3 Å². The molecular formula is C19H22O2. The van der Waals surface area contributed by atoms with E-state index in [4.69, 9.17) is 4.74 Å². The van der Waals surface area contributed by atoms with Gasteiger partial charge < -0.3 is 9.84 Å². The number of rotatable bonds is 3. The summed E-state index contributed by atoms with van der Waals surface area (Å²) in [6.07, 6.45) is 1.71. The second-order valence-electron chi connectivity index (χ2n) is 6.18. The van der Waals surface area contributed by atoms with Crippen LogP contribution in [0.1, 0.15) is 42.5 Å². The van der Waals surface area contributed by atoms with Gasteiger partial charge in [-0.1, -0.05) is 42.0 Å². The average molecular weight is 282 g/mol. The van der Waals surface area contributed by atoms with E-state index in [9.17, 15) is 5.11 Å². The average Bonchev–Trinajstić information content (AvgIpc) is 2.77. The molecule has 21 heavy (non-hydrogen) atoms. The van der Waals surface area contributed by atoms with Crippen molar-refractivity contribution in [3.8, 4) is 5.75 Å². The SMILES string of the molecule is Cc1ccc2c(c1)C(O)(c1ccccc1OC(C)C)CC2. The van der Waals surface area contributed by atoms with Crippen LogP contribution in [0.3, 0.4) is 0 Å². The van der Waals surface area contributed by atoms with Gasteiger partial charge in [0.25, 0.3) is 0 Å². The number of fused-ring (bicyclic) bond motifs is 1. The summed E-state index contributed by atoms with van der Waals surface area (Å²) in [5, 5.41) is 11.4. The van der Waals surface area contributed by atoms with E-state index in [0.29, 0.717) is 6.42 Å². The fraction of sp³-hybridized carbons (Fsp3) is 0.368. The summed E-state index contributed by atoms with van der Waals surface area (Å²) in [6, 6.07) is 14.2. The Kier molecular flexibility index (Phi) is 3.50. The smallest absolute Gasteiger partial charge is 0.126 e. The lowest BCUT2D eigenvalue weighted by Crippen LogP contribution is -2.25. The second-order valence-corrected chi connectivity index (χ2v) is 6.18. The maximum atomic E-state index is 11.4. The van der Waals surface area contributed by atoms with Gasteiger partial charge in [-0.25, -0.2) is 0 Å². The molecule has 1 N–H and O–H groups in total. The highest BCUT2D eigenvalue weighted by atomic mass is 16.5. The third-order valence-corrected chi connectivity index (χ3v) is 4.16. The van der Waals surface area contributed by atoms with Crippen LogP contribution in [0.2, 0.25) is 0 Å². The first-order valence-electron chi connectivity index (χ1n) is 7.59. The molecule has 2 heteroatoms. The largest absolute Gasteiger partial charge is 0.491 e. The number of aliphatic hydroxyl groups is 1. The highest BCUT2D eigenvalue weighted by Gasteiger charge is 2.40. The van der Waals surface area contributed by atoms with Crippen LogP contribution >= 0.6 is 0 Å². The van der Waals surface area contributed by atoms with E-state index in [1.165, 1.54) is 11.1 Å². The molecule has 0 radical (unpaired) electrons. The van der Waals surface area contributed by atoms with Crippen molar-refractivity contribution in [2.75, 3.05) is 0 Å². The van der Waals surface area contributed by atoms with Gasteiger partial charge in [0.2, 0.25) is 0 Å². The van der Waals surface area contributed by atoms with Crippen molar-refractivity contribution in [3.05, 3.63) is 64.7 Å². The molecule has 0 aliphatic heterocycles. The molecule has 0 bridgehead atoms. The van der Waals surface area contributed by atoms with Gasteiger partial charge in [0.05, 0.1) is 6.10 Å². The molecule has 0 spiro atoms. The first-order valence-corrected chi connectivity index (χ1v) is 7.59. The Morgan fingerprint density at radius 2 is 1.86 bits per heavy atom. The van der Waals surface area contributed by atoms with E-state index in [1.807, 2.05) is 38.1 Å². The topological polar surface area (TPSA) is 29.5 Å². The molecule has 0 fully saturated rings. The number of ether oxygens (including phenoxy) is 1. The summed E-state index contributed by atoms with van der Waals surface area (Å²) < 4.78 is 5.91. The van der Waals surface area contributed by atoms with Gasteiger partial charge in [-0.2, -0.15) is 0 Å². The maximum Gasteiger partial charge on any atom is 0.126 e. The monoisotopic (exact) mass is 282 g/mol. The Bertz CT molecular complexity index is 660. The van der Waals surface area contributed by atoms with Gasteiger partial charge in [-0.15, -0.1) is 0 Å². The van der Waals surface area contributed by atoms with Crippen LogP contribution in [-0.4, -0.2) is 11.2 Å². The number of hydrogen-bond donors (Lipinski definition) is 1. The minimum atomic E-state index is -0.938. The molecule has 3 rings (SSSR count). The minimum Gasteiger partial charge on any atom is -0.491 e. The molecule has 1 atom stereocenters. The Morgan fingerprint density at radius 1 is 1.10 bits per heavy atom. The van der Waals surface area contributed by atoms with Crippen LogP contribution in [0.5, 0.6) is 5.75 Å². The third-order valence-electron chi connectivity index (χ3n) is 4.16. The molecule has 0 saturated carbocycles. The van der Waals surface area contributed by atoms with Crippen molar-refractivity contribution in [1.82, 2.24) is 0 Å². The van der Waals surface area contributed by atoms with E-state index in [2.05, 4.69) is 25.1 Å². The lowest BCUT2D eigenvalue weighted by molar-refractivity contribution is 0.0774. The molecule has 110 valence electrons. The van der Waals surface area contributed by atoms with Crippen LogP contribution in [0.15, 0.2) is 42.5 Å². The van der Waals surface area contributed by atoms with E-state index in [-0.39, 0.29) is 6.10 Å². The second kappa shape index (κ2) is 5.19. The summed E-state index contributed by atoms with van der Waals surface area (Å²) in [5.74, 6) is 0.782. The first kappa shape index (κ1) is 14.2. The number of aryl methyl sites for hydroxylation is 2. The Labute approximate surface area is 126 Å². The lowest BCUT2D eigenvalue weighted by Gasteiger charge is -2.28. The Morgan fingerprint density at radius 3 is 2.62 bits per heavy atom. The summed E-state index contributed by atoms with van der Waals surface area (Å²) in [7, 11) is 0. The normalized spacial score (nSPS) is 20.6. The summed E-state index contributed by atoms with van der Waals surface area (Å²) in [5.41, 5.74) is 3.39. The molecule has 1 aliphatic rings. The quantitative estimate of drug-likeness (QED) is 0.923. The fourth-order valence-corrected chi connectivity index (χ4v) is 3.19. The molecule has 0 heterocycles. The molecule has 2 nitrogen and oxygen atoms in total. The molecular weight excluding hydrogens is 260 g/mol. The van der Waals surface area contributed by atoms with E-state index < -0.39 is 5.60 Å². The fourth-order valence-electron chi connectivity index (χ4n) is 3.19. The predicted octanol–water partition coefficient (Wildman–Crippen LogP) is 3.96. The first-order chi connectivity index (χ1) is 10.0. The third kappa shape index (κ3) is 2.44. The highest BCUT2D eigenvalue weighted by molar-refractivity contribution is 5.51. The van der Waals surface area contributed by atoms with Gasteiger partial charge in [0.1, 0.15) is 11.4 Å². The Balaban J connectivity index is 2.12. The van der Waals surface area contributed by atoms with Gasteiger partial charge in [0, 0.05) is 5.56 Å². The molecule has 1 unspecified atom stereocenters. The standard InChI is InChI=1S/C19H22O2/c1-13(2)21-18-7-5-4-6-16(18)19(20)11-10-15-9-8-14(3)12-17(15)19/h4-9,12-13,20H,10-11H2,1-3H3. The van der Waals surface area contributed by atoms with Crippen molar-refractivity contribution < 1.29 is 9.84 Å². The summed E-state index contributed by atoms with van der Waals surface area (Å²) in [6.45, 7) is 6.08. The van der Waals surface area contributed by atoms with Crippen molar-refractivity contribution in [2.45, 2.75) is 45.3 Å². The van der Waals surface area contributed by atoms with E-state index in [1.54, 1.807) is 0 Å². The molecule has 2 aromatic carbocycles. The number of benzene rings is 2.